The first kappa shape index (κ1) is 40.8. The number of unbranched alkanes of at least 4 members (excludes halogenated alkanes) is 1. The lowest BCUT2D eigenvalue weighted by atomic mass is 10.0. The fraction of sp³-hybridized carbons (Fsp3) is 0.400. The van der Waals surface area contributed by atoms with Crippen LogP contribution < -0.4 is 32.2 Å². The molecule has 0 saturated carbocycles. The molecular weight excluding hydrogens is 692 g/mol. The summed E-state index contributed by atoms with van der Waals surface area (Å²) in [6, 6.07) is 19.6. The topological polar surface area (TPSA) is 190 Å². The Morgan fingerprint density at radius 2 is 1.50 bits per heavy atom. The number of aromatic nitrogens is 1. The highest BCUT2D eigenvalue weighted by Crippen LogP contribution is 2.22. The molecule has 14 heteroatoms. The summed E-state index contributed by atoms with van der Waals surface area (Å²) in [5, 5.41) is 14.3. The van der Waals surface area contributed by atoms with Crippen molar-refractivity contribution in [3.8, 4) is 0 Å². The Morgan fingerprint density at radius 3 is 2.15 bits per heavy atom. The van der Waals surface area contributed by atoms with Crippen molar-refractivity contribution in [1.82, 2.24) is 20.9 Å². The standard InChI is InChI=1S/C40H50N6O8/c1-25(2)42-37-45-31-23-29(21-26(3)33(31)36(49)53-37)43-35(48)32(22-27-15-9-7-10-16-27)44-34(47)30(46-39(51)54-40(4,5)6)19-13-14-20-41-38(50)52-24-28-17-11-8-12-18-28/h7-12,15-18,21,23,25,30,32H,13-14,19-20,22,24H2,1-6H3,(H,41,50)(H,42,45)(H,43,48)(H,44,47)(H,46,51)/t30-,32-/m0/s1. The fourth-order valence-electron chi connectivity index (χ4n) is 5.49. The molecule has 0 spiro atoms. The van der Waals surface area contributed by atoms with E-state index in [4.69, 9.17) is 13.9 Å². The van der Waals surface area contributed by atoms with Crippen molar-refractivity contribution in [3.63, 3.8) is 0 Å². The number of fused-ring (bicyclic) bond motifs is 1. The zero-order valence-corrected chi connectivity index (χ0v) is 31.6. The quantitative estimate of drug-likeness (QED) is 0.0855. The molecule has 1 aromatic heterocycles. The van der Waals surface area contributed by atoms with Gasteiger partial charge in [0.1, 0.15) is 24.3 Å². The molecule has 0 bridgehead atoms. The van der Waals surface area contributed by atoms with Gasteiger partial charge in [0.15, 0.2) is 0 Å². The average Bonchev–Trinajstić information content (AvgIpc) is 3.09. The SMILES string of the molecule is Cc1cc(NC(=O)[C@H](Cc2ccccc2)NC(=O)[C@H](CCCCNC(=O)OCc2ccccc2)NC(=O)OC(C)(C)C)cc2nc(NC(C)C)oc(=O)c12. The van der Waals surface area contributed by atoms with Crippen molar-refractivity contribution < 1.29 is 33.1 Å². The molecule has 0 aliphatic heterocycles. The van der Waals surface area contributed by atoms with E-state index in [1.807, 2.05) is 74.5 Å². The van der Waals surface area contributed by atoms with Crippen LogP contribution in [-0.2, 0) is 32.1 Å². The number of amides is 4. The third-order valence-electron chi connectivity index (χ3n) is 7.93. The Kier molecular flexibility index (Phi) is 14.6. The van der Waals surface area contributed by atoms with Crippen LogP contribution in [0.4, 0.5) is 21.3 Å². The molecule has 4 aromatic rings. The molecule has 14 nitrogen and oxygen atoms in total. The second-order valence-corrected chi connectivity index (χ2v) is 14.2. The number of nitrogens with zero attached hydrogens (tertiary/aromatic N) is 1. The first-order chi connectivity index (χ1) is 25.7. The number of nitrogens with one attached hydrogen (secondary N) is 5. The molecule has 2 atom stereocenters. The average molecular weight is 743 g/mol. The zero-order chi connectivity index (χ0) is 39.3. The second kappa shape index (κ2) is 19.2. The van der Waals surface area contributed by atoms with Crippen molar-refractivity contribution in [3.05, 3.63) is 99.9 Å². The Hall–Kier alpha value is -5.92. The summed E-state index contributed by atoms with van der Waals surface area (Å²) in [4.78, 5) is 70.0. The number of carbonyl (C=O) groups is 4. The molecule has 0 radical (unpaired) electrons. The fourth-order valence-corrected chi connectivity index (χ4v) is 5.49. The number of carbonyl (C=O) groups excluding carboxylic acids is 4. The highest BCUT2D eigenvalue weighted by Gasteiger charge is 2.29. The van der Waals surface area contributed by atoms with Gasteiger partial charge in [-0.1, -0.05) is 60.7 Å². The van der Waals surface area contributed by atoms with Crippen LogP contribution in [0.3, 0.4) is 0 Å². The van der Waals surface area contributed by atoms with Crippen LogP contribution in [0.25, 0.3) is 10.9 Å². The van der Waals surface area contributed by atoms with Gasteiger partial charge in [-0.15, -0.1) is 0 Å². The first-order valence-electron chi connectivity index (χ1n) is 18.0. The Balaban J connectivity index is 1.47. The van der Waals surface area contributed by atoms with E-state index in [0.29, 0.717) is 29.6 Å². The summed E-state index contributed by atoms with van der Waals surface area (Å²) < 4.78 is 16.0. The molecule has 3 aromatic carbocycles. The third-order valence-corrected chi connectivity index (χ3v) is 7.93. The predicted octanol–water partition coefficient (Wildman–Crippen LogP) is 5.97. The maximum atomic E-state index is 13.9. The smallest absolute Gasteiger partial charge is 0.408 e. The Labute approximate surface area is 314 Å². The van der Waals surface area contributed by atoms with E-state index in [1.165, 1.54) is 0 Å². The van der Waals surface area contributed by atoms with Crippen LogP contribution in [0.5, 0.6) is 0 Å². The van der Waals surface area contributed by atoms with Gasteiger partial charge >= 0.3 is 17.8 Å². The van der Waals surface area contributed by atoms with E-state index in [9.17, 15) is 24.0 Å². The molecule has 5 N–H and O–H groups in total. The molecule has 1 heterocycles. The molecule has 0 fully saturated rings. The van der Waals surface area contributed by atoms with Gasteiger partial charge in [-0.25, -0.2) is 14.4 Å². The van der Waals surface area contributed by atoms with E-state index in [2.05, 4.69) is 31.6 Å². The number of benzene rings is 3. The largest absolute Gasteiger partial charge is 0.445 e. The number of aryl methyl sites for hydroxylation is 1. The summed E-state index contributed by atoms with van der Waals surface area (Å²) >= 11 is 0. The number of ether oxygens (including phenoxy) is 2. The van der Waals surface area contributed by atoms with Crippen molar-refractivity contribution in [2.45, 2.75) is 97.6 Å². The Morgan fingerprint density at radius 1 is 0.833 bits per heavy atom. The van der Waals surface area contributed by atoms with Gasteiger partial charge < -0.3 is 40.5 Å². The third kappa shape index (κ3) is 13.2. The molecule has 4 amide bonds. The molecular formula is C40H50N6O8. The number of rotatable bonds is 16. The number of anilines is 2. The number of hydrogen-bond acceptors (Lipinski definition) is 10. The molecule has 0 aliphatic rings. The van der Waals surface area contributed by atoms with Gasteiger partial charge in [-0.05, 0) is 89.6 Å². The Bertz CT molecular complexity index is 1940. The second-order valence-electron chi connectivity index (χ2n) is 14.2. The van der Waals surface area contributed by atoms with Gasteiger partial charge in [-0.2, -0.15) is 4.98 Å². The minimum absolute atomic E-state index is 0.0382. The predicted molar refractivity (Wildman–Crippen MR) is 206 cm³/mol. The van der Waals surface area contributed by atoms with Crippen LogP contribution >= 0.6 is 0 Å². The van der Waals surface area contributed by atoms with E-state index in [-0.39, 0.29) is 43.4 Å². The highest BCUT2D eigenvalue weighted by molar-refractivity contribution is 6.00. The lowest BCUT2D eigenvalue weighted by Crippen LogP contribution is -2.53. The van der Waals surface area contributed by atoms with Gasteiger partial charge in [0.2, 0.25) is 11.8 Å². The van der Waals surface area contributed by atoms with Crippen molar-refractivity contribution in [2.24, 2.45) is 0 Å². The summed E-state index contributed by atoms with van der Waals surface area (Å²) in [7, 11) is 0. The summed E-state index contributed by atoms with van der Waals surface area (Å²) in [5.74, 6) is -1.12. The van der Waals surface area contributed by atoms with Gasteiger partial charge in [-0.3, -0.25) is 9.59 Å². The van der Waals surface area contributed by atoms with Crippen LogP contribution in [0, 0.1) is 6.92 Å². The molecule has 0 saturated heterocycles. The van der Waals surface area contributed by atoms with Crippen LogP contribution in [0.1, 0.15) is 70.6 Å². The lowest BCUT2D eigenvalue weighted by molar-refractivity contribution is -0.128. The van der Waals surface area contributed by atoms with Crippen molar-refractivity contribution >= 4 is 46.6 Å². The number of alkyl carbamates (subject to hydrolysis) is 2. The van der Waals surface area contributed by atoms with Crippen molar-refractivity contribution in [1.29, 1.82) is 0 Å². The van der Waals surface area contributed by atoms with Crippen molar-refractivity contribution in [2.75, 3.05) is 17.2 Å². The van der Waals surface area contributed by atoms with Gasteiger partial charge in [0, 0.05) is 24.7 Å². The minimum atomic E-state index is -1.06. The van der Waals surface area contributed by atoms with Crippen LogP contribution in [0.15, 0.2) is 82.0 Å². The van der Waals surface area contributed by atoms with Gasteiger partial charge in [0.25, 0.3) is 6.01 Å². The first-order valence-corrected chi connectivity index (χ1v) is 18.0. The van der Waals surface area contributed by atoms with E-state index >= 15 is 0 Å². The normalized spacial score (nSPS) is 12.4. The van der Waals surface area contributed by atoms with E-state index in [0.717, 1.165) is 11.1 Å². The molecule has 0 unspecified atom stereocenters. The monoisotopic (exact) mass is 742 g/mol. The minimum Gasteiger partial charge on any atom is -0.445 e. The van der Waals surface area contributed by atoms with Gasteiger partial charge in [0.05, 0.1) is 10.9 Å². The van der Waals surface area contributed by atoms with Crippen LogP contribution in [0.2, 0.25) is 0 Å². The maximum Gasteiger partial charge on any atom is 0.408 e. The summed E-state index contributed by atoms with van der Waals surface area (Å²) in [5.41, 5.74) is 1.51. The summed E-state index contributed by atoms with van der Waals surface area (Å²) in [6.07, 6.45) is -0.101. The van der Waals surface area contributed by atoms with E-state index in [1.54, 1.807) is 39.8 Å². The molecule has 0 aliphatic carbocycles. The van der Waals surface area contributed by atoms with Crippen LogP contribution in [-0.4, -0.2) is 59.3 Å². The van der Waals surface area contributed by atoms with E-state index < -0.39 is 47.3 Å². The highest BCUT2D eigenvalue weighted by atomic mass is 16.6. The lowest BCUT2D eigenvalue weighted by Gasteiger charge is -2.25. The maximum absolute atomic E-state index is 13.9. The molecule has 288 valence electrons. The number of hydrogen-bond donors (Lipinski definition) is 5. The molecule has 4 rings (SSSR count). The summed E-state index contributed by atoms with van der Waals surface area (Å²) in [6.45, 7) is 11.0. The molecule has 54 heavy (non-hydrogen) atoms. The zero-order valence-electron chi connectivity index (χ0n) is 31.6.